The maximum atomic E-state index is 11.9. The van der Waals surface area contributed by atoms with Crippen LogP contribution in [-0.4, -0.2) is 52.5 Å². The van der Waals surface area contributed by atoms with Crippen molar-refractivity contribution in [2.45, 2.75) is 50.7 Å². The summed E-state index contributed by atoms with van der Waals surface area (Å²) in [5, 5.41) is 18.8. The summed E-state index contributed by atoms with van der Waals surface area (Å²) in [6, 6.07) is 9.59. The smallest absolute Gasteiger partial charge is 0.410 e. The van der Waals surface area contributed by atoms with Gasteiger partial charge in [-0.15, -0.1) is 0 Å². The fourth-order valence-corrected chi connectivity index (χ4v) is 2.97. The van der Waals surface area contributed by atoms with Crippen molar-refractivity contribution in [1.29, 1.82) is 0 Å². The monoisotopic (exact) mass is 361 g/mol. The SMILES string of the molecule is O=C(O)CCCCCCN1C(=O)OCC1C=C[C@@H](O)Cc1ccccc1. The van der Waals surface area contributed by atoms with Gasteiger partial charge in [0, 0.05) is 19.4 Å². The van der Waals surface area contributed by atoms with Crippen LogP contribution in [0.1, 0.15) is 37.7 Å². The third-order valence-electron chi connectivity index (χ3n) is 4.40. The number of ether oxygens (including phenoxy) is 1. The number of hydrogen-bond acceptors (Lipinski definition) is 4. The number of carbonyl (C=O) groups is 2. The first-order valence-corrected chi connectivity index (χ1v) is 9.12. The lowest BCUT2D eigenvalue weighted by molar-refractivity contribution is -0.137. The first kappa shape index (κ1) is 20.0. The Hall–Kier alpha value is -2.34. The fraction of sp³-hybridized carbons (Fsp3) is 0.500. The lowest BCUT2D eigenvalue weighted by Crippen LogP contribution is -2.33. The second kappa shape index (κ2) is 10.6. The normalized spacial score (nSPS) is 18.3. The molecule has 1 amide bonds. The number of aliphatic carboxylic acids is 1. The van der Waals surface area contributed by atoms with Gasteiger partial charge in [0.1, 0.15) is 6.61 Å². The Labute approximate surface area is 154 Å². The summed E-state index contributed by atoms with van der Waals surface area (Å²) in [6.45, 7) is 0.877. The van der Waals surface area contributed by atoms with E-state index in [4.69, 9.17) is 9.84 Å². The molecule has 1 heterocycles. The lowest BCUT2D eigenvalue weighted by atomic mass is 10.1. The van der Waals surface area contributed by atoms with Crippen LogP contribution in [0.15, 0.2) is 42.5 Å². The van der Waals surface area contributed by atoms with E-state index in [2.05, 4.69) is 0 Å². The number of aliphatic hydroxyl groups excluding tert-OH is 1. The highest BCUT2D eigenvalue weighted by atomic mass is 16.6. The van der Waals surface area contributed by atoms with Crippen molar-refractivity contribution in [3.8, 4) is 0 Å². The number of carbonyl (C=O) groups excluding carboxylic acids is 1. The Bertz CT molecular complexity index is 601. The van der Waals surface area contributed by atoms with E-state index in [-0.39, 0.29) is 18.6 Å². The highest BCUT2D eigenvalue weighted by Gasteiger charge is 2.30. The summed E-state index contributed by atoms with van der Waals surface area (Å²) in [4.78, 5) is 24.0. The molecule has 6 heteroatoms. The van der Waals surface area contributed by atoms with E-state index in [0.29, 0.717) is 26.0 Å². The number of nitrogens with zero attached hydrogens (tertiary/aromatic N) is 1. The molecule has 1 unspecified atom stereocenters. The van der Waals surface area contributed by atoms with Gasteiger partial charge in [0.25, 0.3) is 0 Å². The Morgan fingerprint density at radius 3 is 2.69 bits per heavy atom. The standard InChI is InChI=1S/C20H27NO5/c22-18(14-16-8-4-3-5-9-16)12-11-17-15-26-20(25)21(17)13-7-2-1-6-10-19(23)24/h3-5,8-9,11-12,17-18,22H,1-2,6-7,10,13-15H2,(H,23,24)/t17?,18-/m1/s1. The molecule has 1 saturated heterocycles. The van der Waals surface area contributed by atoms with Crippen LogP contribution in [0.5, 0.6) is 0 Å². The van der Waals surface area contributed by atoms with E-state index < -0.39 is 12.1 Å². The molecule has 0 radical (unpaired) electrons. The molecular formula is C20H27NO5. The quantitative estimate of drug-likeness (QED) is 0.467. The topological polar surface area (TPSA) is 87.1 Å². The molecule has 0 aliphatic carbocycles. The van der Waals surface area contributed by atoms with Gasteiger partial charge < -0.3 is 14.9 Å². The second-order valence-corrected chi connectivity index (χ2v) is 6.54. The number of amides is 1. The molecule has 1 aromatic rings. The van der Waals surface area contributed by atoms with E-state index in [1.807, 2.05) is 36.4 Å². The number of rotatable bonds is 11. The number of cyclic esters (lactones) is 1. The maximum Gasteiger partial charge on any atom is 0.410 e. The van der Waals surface area contributed by atoms with E-state index in [9.17, 15) is 14.7 Å². The molecule has 1 aliphatic rings. The van der Waals surface area contributed by atoms with Gasteiger partial charge >= 0.3 is 12.1 Å². The van der Waals surface area contributed by atoms with Crippen LogP contribution in [-0.2, 0) is 16.0 Å². The van der Waals surface area contributed by atoms with E-state index in [1.165, 1.54) is 0 Å². The molecule has 2 N–H and O–H groups in total. The van der Waals surface area contributed by atoms with Gasteiger partial charge in [-0.1, -0.05) is 55.3 Å². The van der Waals surface area contributed by atoms with Crippen molar-refractivity contribution >= 4 is 12.1 Å². The molecule has 2 atom stereocenters. The third kappa shape index (κ3) is 6.88. The van der Waals surface area contributed by atoms with Crippen LogP contribution < -0.4 is 0 Å². The largest absolute Gasteiger partial charge is 0.481 e. The number of hydrogen-bond donors (Lipinski definition) is 2. The summed E-state index contributed by atoms with van der Waals surface area (Å²) in [5.74, 6) is -0.771. The van der Waals surface area contributed by atoms with E-state index in [1.54, 1.807) is 11.0 Å². The van der Waals surface area contributed by atoms with Crippen molar-refractivity contribution < 1.29 is 24.5 Å². The second-order valence-electron chi connectivity index (χ2n) is 6.54. The predicted octanol–water partition coefficient (Wildman–Crippen LogP) is 3.00. The Balaban J connectivity index is 1.74. The van der Waals surface area contributed by atoms with Crippen molar-refractivity contribution in [3.05, 3.63) is 48.0 Å². The zero-order valence-corrected chi connectivity index (χ0v) is 14.9. The van der Waals surface area contributed by atoms with Crippen LogP contribution in [0.3, 0.4) is 0 Å². The van der Waals surface area contributed by atoms with Gasteiger partial charge in [-0.2, -0.15) is 0 Å². The highest BCUT2D eigenvalue weighted by molar-refractivity contribution is 5.70. The summed E-state index contributed by atoms with van der Waals surface area (Å²) < 4.78 is 5.11. The zero-order valence-electron chi connectivity index (χ0n) is 14.9. The van der Waals surface area contributed by atoms with E-state index in [0.717, 1.165) is 24.8 Å². The molecule has 0 saturated carbocycles. The predicted molar refractivity (Wildman–Crippen MR) is 97.9 cm³/mol. The summed E-state index contributed by atoms with van der Waals surface area (Å²) in [7, 11) is 0. The van der Waals surface area contributed by atoms with Crippen molar-refractivity contribution in [1.82, 2.24) is 4.90 Å². The fourth-order valence-electron chi connectivity index (χ4n) is 2.97. The number of unbranched alkanes of at least 4 members (excludes halogenated alkanes) is 3. The molecule has 2 rings (SSSR count). The van der Waals surface area contributed by atoms with Gasteiger partial charge in [0.05, 0.1) is 12.1 Å². The molecule has 0 bridgehead atoms. The molecule has 26 heavy (non-hydrogen) atoms. The molecule has 142 valence electrons. The molecule has 0 aromatic heterocycles. The average molecular weight is 361 g/mol. The minimum Gasteiger partial charge on any atom is -0.481 e. The van der Waals surface area contributed by atoms with Crippen molar-refractivity contribution in [2.24, 2.45) is 0 Å². The summed E-state index contributed by atoms with van der Waals surface area (Å²) >= 11 is 0. The van der Waals surface area contributed by atoms with Gasteiger partial charge in [-0.3, -0.25) is 9.69 Å². The van der Waals surface area contributed by atoms with E-state index >= 15 is 0 Å². The van der Waals surface area contributed by atoms with Crippen molar-refractivity contribution in [2.75, 3.05) is 13.2 Å². The molecule has 0 spiro atoms. The Morgan fingerprint density at radius 2 is 1.96 bits per heavy atom. The zero-order chi connectivity index (χ0) is 18.8. The Morgan fingerprint density at radius 1 is 1.23 bits per heavy atom. The minimum absolute atomic E-state index is 0.160. The van der Waals surface area contributed by atoms with Crippen LogP contribution in [0.4, 0.5) is 4.79 Å². The number of carboxylic acids is 1. The van der Waals surface area contributed by atoms with Crippen molar-refractivity contribution in [3.63, 3.8) is 0 Å². The number of carboxylic acid groups (broad SMARTS) is 1. The summed E-state index contributed by atoms with van der Waals surface area (Å²) in [5.41, 5.74) is 1.06. The first-order chi connectivity index (χ1) is 12.6. The molecule has 1 aromatic carbocycles. The average Bonchev–Trinajstić information content (AvgIpc) is 2.97. The van der Waals surface area contributed by atoms with Gasteiger partial charge in [0.2, 0.25) is 0 Å². The number of benzene rings is 1. The molecular weight excluding hydrogens is 334 g/mol. The maximum absolute atomic E-state index is 11.9. The van der Waals surface area contributed by atoms with Gasteiger partial charge in [-0.25, -0.2) is 4.79 Å². The molecule has 1 fully saturated rings. The van der Waals surface area contributed by atoms with Crippen LogP contribution in [0.2, 0.25) is 0 Å². The molecule has 6 nitrogen and oxygen atoms in total. The lowest BCUT2D eigenvalue weighted by Gasteiger charge is -2.19. The minimum atomic E-state index is -0.771. The number of aliphatic hydroxyl groups is 1. The van der Waals surface area contributed by atoms with Crippen LogP contribution >= 0.6 is 0 Å². The van der Waals surface area contributed by atoms with Gasteiger partial charge in [0.15, 0.2) is 0 Å². The Kier molecular flexibility index (Phi) is 8.15. The first-order valence-electron chi connectivity index (χ1n) is 9.12. The third-order valence-corrected chi connectivity index (χ3v) is 4.40. The van der Waals surface area contributed by atoms with Crippen LogP contribution in [0, 0.1) is 0 Å². The highest BCUT2D eigenvalue weighted by Crippen LogP contribution is 2.16. The van der Waals surface area contributed by atoms with Gasteiger partial charge in [-0.05, 0) is 18.4 Å². The van der Waals surface area contributed by atoms with Crippen LogP contribution in [0.25, 0.3) is 0 Å². The molecule has 1 aliphatic heterocycles. The summed E-state index contributed by atoms with van der Waals surface area (Å²) in [6.07, 6.45) is 6.53.